The number of aryl methyl sites for hydroxylation is 1. The zero-order valence-corrected chi connectivity index (χ0v) is 16.9. The van der Waals surface area contributed by atoms with E-state index in [1.807, 2.05) is 0 Å². The molecule has 1 N–H and O–H groups in total. The van der Waals surface area contributed by atoms with Crippen molar-refractivity contribution in [2.75, 3.05) is 58.4 Å². The largest absolute Gasteiger partial charge is 0.493 e. The van der Waals surface area contributed by atoms with E-state index in [2.05, 4.69) is 46.3 Å². The normalized spacial score (nSPS) is 14.6. The number of anilines is 1. The molecule has 2 aromatic rings. The molecule has 1 heterocycles. The minimum atomic E-state index is -0.0978. The Bertz CT molecular complexity index is 801. The molecule has 0 saturated carbocycles. The van der Waals surface area contributed by atoms with Gasteiger partial charge in [0.15, 0.2) is 11.5 Å². The first kappa shape index (κ1) is 20.0. The molecular formula is C22H29N3O3. The van der Waals surface area contributed by atoms with Crippen molar-refractivity contribution in [1.82, 2.24) is 10.2 Å². The van der Waals surface area contributed by atoms with E-state index >= 15 is 0 Å². The van der Waals surface area contributed by atoms with Crippen LogP contribution in [0.5, 0.6) is 11.5 Å². The predicted octanol–water partition coefficient (Wildman–Crippen LogP) is 2.56. The number of carbonyl (C=O) groups excluding carboxylic acids is 1. The van der Waals surface area contributed by atoms with E-state index in [1.54, 1.807) is 32.4 Å². The standard InChI is InChI=1S/C22H29N3O3/c1-17-5-4-6-19(15-17)25-13-11-24(12-14-25)10-9-23-22(26)18-7-8-20(27-2)21(16-18)28-3/h4-8,15-16H,9-14H2,1-3H3,(H,23,26). The van der Waals surface area contributed by atoms with Crippen LogP contribution in [-0.4, -0.2) is 64.3 Å². The highest BCUT2D eigenvalue weighted by Crippen LogP contribution is 2.27. The summed E-state index contributed by atoms with van der Waals surface area (Å²) in [4.78, 5) is 17.2. The molecule has 0 spiro atoms. The van der Waals surface area contributed by atoms with Crippen LogP contribution in [0.15, 0.2) is 42.5 Å². The quantitative estimate of drug-likeness (QED) is 0.796. The van der Waals surface area contributed by atoms with E-state index in [-0.39, 0.29) is 5.91 Å². The number of nitrogens with zero attached hydrogens (tertiary/aromatic N) is 2. The van der Waals surface area contributed by atoms with Gasteiger partial charge in [0.25, 0.3) is 5.91 Å². The molecule has 0 atom stereocenters. The highest BCUT2D eigenvalue weighted by atomic mass is 16.5. The Labute approximate surface area is 167 Å². The molecule has 0 bridgehead atoms. The Hall–Kier alpha value is -2.73. The van der Waals surface area contributed by atoms with E-state index in [0.717, 1.165) is 32.7 Å². The average molecular weight is 383 g/mol. The molecule has 0 aliphatic carbocycles. The lowest BCUT2D eigenvalue weighted by Crippen LogP contribution is -2.48. The van der Waals surface area contributed by atoms with Gasteiger partial charge in [-0.1, -0.05) is 12.1 Å². The van der Waals surface area contributed by atoms with Crippen molar-refractivity contribution in [3.63, 3.8) is 0 Å². The number of piperazine rings is 1. The number of benzene rings is 2. The van der Waals surface area contributed by atoms with E-state index in [4.69, 9.17) is 9.47 Å². The minimum Gasteiger partial charge on any atom is -0.493 e. The van der Waals surface area contributed by atoms with Crippen molar-refractivity contribution in [3.05, 3.63) is 53.6 Å². The molecule has 0 aromatic heterocycles. The maximum absolute atomic E-state index is 12.4. The number of hydrogen-bond donors (Lipinski definition) is 1. The van der Waals surface area contributed by atoms with Crippen LogP contribution in [0.25, 0.3) is 0 Å². The summed E-state index contributed by atoms with van der Waals surface area (Å²) in [7, 11) is 3.15. The van der Waals surface area contributed by atoms with Gasteiger partial charge >= 0.3 is 0 Å². The Morgan fingerprint density at radius 2 is 1.75 bits per heavy atom. The maximum Gasteiger partial charge on any atom is 0.251 e. The number of hydrogen-bond acceptors (Lipinski definition) is 5. The van der Waals surface area contributed by atoms with Gasteiger partial charge in [-0.15, -0.1) is 0 Å². The Balaban J connectivity index is 1.44. The summed E-state index contributed by atoms with van der Waals surface area (Å²) in [6, 6.07) is 13.8. The fourth-order valence-electron chi connectivity index (χ4n) is 3.46. The molecule has 6 nitrogen and oxygen atoms in total. The van der Waals surface area contributed by atoms with Crippen LogP contribution in [0.2, 0.25) is 0 Å². The van der Waals surface area contributed by atoms with Crippen molar-refractivity contribution in [1.29, 1.82) is 0 Å². The number of nitrogens with one attached hydrogen (secondary N) is 1. The predicted molar refractivity (Wildman–Crippen MR) is 112 cm³/mol. The highest BCUT2D eigenvalue weighted by Gasteiger charge is 2.17. The Kier molecular flexibility index (Phi) is 6.76. The van der Waals surface area contributed by atoms with Gasteiger partial charge in [-0.2, -0.15) is 0 Å². The SMILES string of the molecule is COc1ccc(C(=O)NCCN2CCN(c3cccc(C)c3)CC2)cc1OC. The van der Waals surface area contributed by atoms with E-state index < -0.39 is 0 Å². The average Bonchev–Trinajstić information content (AvgIpc) is 2.73. The molecule has 3 rings (SSSR count). The zero-order chi connectivity index (χ0) is 19.9. The number of rotatable bonds is 7. The molecule has 1 aliphatic rings. The summed E-state index contributed by atoms with van der Waals surface area (Å²) in [5, 5.41) is 2.99. The molecule has 150 valence electrons. The van der Waals surface area contributed by atoms with Crippen LogP contribution in [0.1, 0.15) is 15.9 Å². The van der Waals surface area contributed by atoms with Gasteiger partial charge in [0.2, 0.25) is 0 Å². The fraction of sp³-hybridized carbons (Fsp3) is 0.409. The zero-order valence-electron chi connectivity index (χ0n) is 16.9. The van der Waals surface area contributed by atoms with Crippen LogP contribution < -0.4 is 19.7 Å². The Morgan fingerprint density at radius 1 is 1.00 bits per heavy atom. The van der Waals surface area contributed by atoms with Gasteiger partial charge in [-0.25, -0.2) is 0 Å². The molecule has 1 amide bonds. The summed E-state index contributed by atoms with van der Waals surface area (Å²) in [6.45, 7) is 7.61. The molecule has 1 fully saturated rings. The number of carbonyl (C=O) groups is 1. The third-order valence-corrected chi connectivity index (χ3v) is 5.10. The monoisotopic (exact) mass is 383 g/mol. The van der Waals surface area contributed by atoms with Crippen molar-refractivity contribution in [2.45, 2.75) is 6.92 Å². The molecular weight excluding hydrogens is 354 g/mol. The topological polar surface area (TPSA) is 54.0 Å². The number of methoxy groups -OCH3 is 2. The van der Waals surface area contributed by atoms with Crippen LogP contribution >= 0.6 is 0 Å². The maximum atomic E-state index is 12.4. The lowest BCUT2D eigenvalue weighted by Gasteiger charge is -2.36. The van der Waals surface area contributed by atoms with Crippen LogP contribution in [0.4, 0.5) is 5.69 Å². The molecule has 0 radical (unpaired) electrons. The van der Waals surface area contributed by atoms with E-state index in [1.165, 1.54) is 11.3 Å². The lowest BCUT2D eigenvalue weighted by molar-refractivity contribution is 0.0947. The van der Waals surface area contributed by atoms with E-state index in [9.17, 15) is 4.79 Å². The summed E-state index contributed by atoms with van der Waals surface area (Å²) in [5.74, 6) is 1.08. The summed E-state index contributed by atoms with van der Waals surface area (Å²) in [6.07, 6.45) is 0. The smallest absolute Gasteiger partial charge is 0.251 e. The molecule has 1 saturated heterocycles. The number of amides is 1. The van der Waals surface area contributed by atoms with Gasteiger partial charge in [0, 0.05) is 50.5 Å². The second kappa shape index (κ2) is 9.46. The first-order chi connectivity index (χ1) is 13.6. The first-order valence-corrected chi connectivity index (χ1v) is 9.65. The van der Waals surface area contributed by atoms with Gasteiger partial charge in [0.05, 0.1) is 14.2 Å². The second-order valence-electron chi connectivity index (χ2n) is 6.99. The van der Waals surface area contributed by atoms with Crippen LogP contribution in [-0.2, 0) is 0 Å². The van der Waals surface area contributed by atoms with Gasteiger partial charge in [-0.3, -0.25) is 9.69 Å². The molecule has 2 aromatic carbocycles. The second-order valence-corrected chi connectivity index (χ2v) is 6.99. The van der Waals surface area contributed by atoms with E-state index in [0.29, 0.717) is 23.6 Å². The van der Waals surface area contributed by atoms with Crippen LogP contribution in [0, 0.1) is 6.92 Å². The summed E-state index contributed by atoms with van der Waals surface area (Å²) < 4.78 is 10.5. The molecule has 0 unspecified atom stereocenters. The van der Waals surface area contributed by atoms with Crippen LogP contribution in [0.3, 0.4) is 0 Å². The van der Waals surface area contributed by atoms with Crippen molar-refractivity contribution < 1.29 is 14.3 Å². The van der Waals surface area contributed by atoms with Crippen molar-refractivity contribution in [3.8, 4) is 11.5 Å². The van der Waals surface area contributed by atoms with Gasteiger partial charge < -0.3 is 19.7 Å². The third kappa shape index (κ3) is 4.95. The molecule has 6 heteroatoms. The summed E-state index contributed by atoms with van der Waals surface area (Å²) >= 11 is 0. The summed E-state index contributed by atoms with van der Waals surface area (Å²) in [5.41, 5.74) is 3.15. The Morgan fingerprint density at radius 3 is 2.43 bits per heavy atom. The fourth-order valence-corrected chi connectivity index (χ4v) is 3.46. The third-order valence-electron chi connectivity index (χ3n) is 5.10. The molecule has 28 heavy (non-hydrogen) atoms. The van der Waals surface area contributed by atoms with Gasteiger partial charge in [-0.05, 0) is 42.8 Å². The number of ether oxygens (including phenoxy) is 2. The minimum absolute atomic E-state index is 0.0978. The van der Waals surface area contributed by atoms with Gasteiger partial charge in [0.1, 0.15) is 0 Å². The highest BCUT2D eigenvalue weighted by molar-refractivity contribution is 5.94. The lowest BCUT2D eigenvalue weighted by atomic mass is 10.2. The van der Waals surface area contributed by atoms with Crippen molar-refractivity contribution in [2.24, 2.45) is 0 Å². The molecule has 1 aliphatic heterocycles. The van der Waals surface area contributed by atoms with Crippen molar-refractivity contribution >= 4 is 11.6 Å². The first-order valence-electron chi connectivity index (χ1n) is 9.65.